The first-order chi connectivity index (χ1) is 9.24. The van der Waals surface area contributed by atoms with Crippen molar-refractivity contribution in [1.82, 2.24) is 20.2 Å². The number of nitrogens with two attached hydrogens (primary N) is 1. The van der Waals surface area contributed by atoms with Crippen molar-refractivity contribution in [3.63, 3.8) is 0 Å². The van der Waals surface area contributed by atoms with Gasteiger partial charge in [0, 0.05) is 23.5 Å². The van der Waals surface area contributed by atoms with Crippen LogP contribution in [0.5, 0.6) is 0 Å². The molecular formula is C14H13N5. The molecule has 0 unspecified atom stereocenters. The van der Waals surface area contributed by atoms with Crippen LogP contribution in [-0.2, 0) is 0 Å². The van der Waals surface area contributed by atoms with Gasteiger partial charge in [0.2, 0.25) is 0 Å². The Kier molecular flexibility index (Phi) is 2.72. The summed E-state index contributed by atoms with van der Waals surface area (Å²) < 4.78 is 0. The molecule has 3 aromatic rings. The molecular weight excluding hydrogens is 238 g/mol. The Morgan fingerprint density at radius 2 is 2.11 bits per heavy atom. The van der Waals surface area contributed by atoms with E-state index in [4.69, 9.17) is 5.73 Å². The summed E-state index contributed by atoms with van der Waals surface area (Å²) in [4.78, 5) is 8.19. The number of benzene rings is 1. The van der Waals surface area contributed by atoms with E-state index in [1.807, 2.05) is 31.2 Å². The van der Waals surface area contributed by atoms with Crippen LogP contribution in [0.1, 0.15) is 17.0 Å². The maximum Gasteiger partial charge on any atom is 0.0928 e. The third-order valence-corrected chi connectivity index (χ3v) is 2.97. The van der Waals surface area contributed by atoms with E-state index >= 15 is 0 Å². The van der Waals surface area contributed by atoms with E-state index in [-0.39, 0.29) is 0 Å². The Balaban J connectivity index is 2.02. The van der Waals surface area contributed by atoms with Crippen LogP contribution in [0.15, 0.2) is 30.7 Å². The summed E-state index contributed by atoms with van der Waals surface area (Å²) >= 11 is 0. The predicted octanol–water partition coefficient (Wildman–Crippen LogP) is 2.41. The normalized spacial score (nSPS) is 11.4. The van der Waals surface area contributed by atoms with Gasteiger partial charge in [-0.2, -0.15) is 5.10 Å². The van der Waals surface area contributed by atoms with Crippen molar-refractivity contribution in [2.24, 2.45) is 0 Å². The zero-order chi connectivity index (χ0) is 13.2. The zero-order valence-electron chi connectivity index (χ0n) is 10.5. The topological polar surface area (TPSA) is 80.5 Å². The number of aryl methyl sites for hydroxylation is 1. The van der Waals surface area contributed by atoms with Gasteiger partial charge < -0.3 is 5.73 Å². The summed E-state index contributed by atoms with van der Waals surface area (Å²) in [6.07, 6.45) is 8.77. The molecule has 19 heavy (non-hydrogen) atoms. The van der Waals surface area contributed by atoms with E-state index in [1.54, 1.807) is 18.6 Å². The molecule has 0 saturated carbocycles. The van der Waals surface area contributed by atoms with Gasteiger partial charge in [0.05, 0.1) is 23.1 Å². The molecule has 0 aliphatic heterocycles. The van der Waals surface area contributed by atoms with Crippen LogP contribution in [0.4, 0.5) is 5.69 Å². The smallest absolute Gasteiger partial charge is 0.0928 e. The Morgan fingerprint density at radius 1 is 1.21 bits per heavy atom. The van der Waals surface area contributed by atoms with Crippen molar-refractivity contribution in [3.05, 3.63) is 47.7 Å². The average Bonchev–Trinajstić information content (AvgIpc) is 2.80. The number of nitrogens with one attached hydrogen (secondary N) is 1. The van der Waals surface area contributed by atoms with Gasteiger partial charge in [0.1, 0.15) is 0 Å². The van der Waals surface area contributed by atoms with Crippen LogP contribution >= 0.6 is 0 Å². The number of hydrogen-bond donors (Lipinski definition) is 2. The molecule has 94 valence electrons. The number of rotatable bonds is 2. The Morgan fingerprint density at radius 3 is 2.89 bits per heavy atom. The highest BCUT2D eigenvalue weighted by molar-refractivity contribution is 5.91. The van der Waals surface area contributed by atoms with E-state index < -0.39 is 0 Å². The highest BCUT2D eigenvalue weighted by Crippen LogP contribution is 2.23. The lowest BCUT2D eigenvalue weighted by atomic mass is 10.1. The summed E-state index contributed by atoms with van der Waals surface area (Å²) in [6, 6.07) is 3.93. The molecule has 0 spiro atoms. The number of aromatic amines is 1. The van der Waals surface area contributed by atoms with Crippen LogP contribution in [0.2, 0.25) is 0 Å². The van der Waals surface area contributed by atoms with E-state index in [9.17, 15) is 0 Å². The van der Waals surface area contributed by atoms with E-state index in [1.165, 1.54) is 0 Å². The standard InChI is InChI=1S/C14H13N5/c1-9-6-14-11(7-12(9)15)13(18-19-14)3-2-10-8-16-4-5-17-10/h2-8H,15H2,1H3,(H,18,19). The van der Waals surface area contributed by atoms with Gasteiger partial charge in [-0.3, -0.25) is 15.1 Å². The molecule has 0 amide bonds. The molecule has 0 aliphatic carbocycles. The van der Waals surface area contributed by atoms with Gasteiger partial charge in [0.15, 0.2) is 0 Å². The van der Waals surface area contributed by atoms with Crippen molar-refractivity contribution in [1.29, 1.82) is 0 Å². The fourth-order valence-corrected chi connectivity index (χ4v) is 1.90. The van der Waals surface area contributed by atoms with Crippen LogP contribution in [-0.4, -0.2) is 20.2 Å². The van der Waals surface area contributed by atoms with Crippen LogP contribution in [0.3, 0.4) is 0 Å². The molecule has 0 radical (unpaired) electrons. The molecule has 5 nitrogen and oxygen atoms in total. The molecule has 2 aromatic heterocycles. The Hall–Kier alpha value is -2.69. The second-order valence-corrected chi connectivity index (χ2v) is 4.33. The highest BCUT2D eigenvalue weighted by atomic mass is 15.1. The lowest BCUT2D eigenvalue weighted by Crippen LogP contribution is -1.88. The highest BCUT2D eigenvalue weighted by Gasteiger charge is 2.05. The van der Waals surface area contributed by atoms with Gasteiger partial charge in [-0.05, 0) is 36.8 Å². The fraction of sp³-hybridized carbons (Fsp3) is 0.0714. The number of fused-ring (bicyclic) bond motifs is 1. The molecule has 0 saturated heterocycles. The molecule has 1 aromatic carbocycles. The summed E-state index contributed by atoms with van der Waals surface area (Å²) in [5.41, 5.74) is 10.4. The maximum atomic E-state index is 5.93. The maximum absolute atomic E-state index is 5.93. The first kappa shape index (κ1) is 11.4. The summed E-state index contributed by atoms with van der Waals surface area (Å²) in [5, 5.41) is 8.28. The van der Waals surface area contributed by atoms with Crippen LogP contribution in [0.25, 0.3) is 23.1 Å². The number of anilines is 1. The van der Waals surface area contributed by atoms with Gasteiger partial charge in [-0.1, -0.05) is 0 Å². The van der Waals surface area contributed by atoms with Gasteiger partial charge >= 0.3 is 0 Å². The monoisotopic (exact) mass is 251 g/mol. The van der Waals surface area contributed by atoms with Crippen molar-refractivity contribution in [3.8, 4) is 0 Å². The van der Waals surface area contributed by atoms with Crippen LogP contribution < -0.4 is 5.73 Å². The van der Waals surface area contributed by atoms with Crippen molar-refractivity contribution in [2.45, 2.75) is 6.92 Å². The SMILES string of the molecule is Cc1cc2[nH]nc(C=Cc3cnccn3)c2cc1N. The molecule has 0 bridgehead atoms. The average molecular weight is 251 g/mol. The zero-order valence-corrected chi connectivity index (χ0v) is 10.5. The lowest BCUT2D eigenvalue weighted by Gasteiger charge is -1.99. The van der Waals surface area contributed by atoms with Gasteiger partial charge in [0.25, 0.3) is 0 Å². The Bertz CT molecular complexity index is 743. The van der Waals surface area contributed by atoms with E-state index in [0.29, 0.717) is 0 Å². The van der Waals surface area contributed by atoms with Crippen molar-refractivity contribution >= 4 is 28.7 Å². The quantitative estimate of drug-likeness (QED) is 0.685. The van der Waals surface area contributed by atoms with E-state index in [0.717, 1.165) is 33.5 Å². The molecule has 5 heteroatoms. The van der Waals surface area contributed by atoms with Crippen LogP contribution in [0, 0.1) is 6.92 Å². The fourth-order valence-electron chi connectivity index (χ4n) is 1.90. The first-order valence-corrected chi connectivity index (χ1v) is 5.92. The minimum Gasteiger partial charge on any atom is -0.398 e. The summed E-state index contributed by atoms with van der Waals surface area (Å²) in [7, 11) is 0. The lowest BCUT2D eigenvalue weighted by molar-refractivity contribution is 1.10. The van der Waals surface area contributed by atoms with Crippen molar-refractivity contribution < 1.29 is 0 Å². The molecule has 3 N–H and O–H groups in total. The molecule has 2 heterocycles. The number of hydrogen-bond acceptors (Lipinski definition) is 4. The minimum absolute atomic E-state index is 0.767. The summed E-state index contributed by atoms with van der Waals surface area (Å²) in [6.45, 7) is 1.98. The second-order valence-electron chi connectivity index (χ2n) is 4.33. The van der Waals surface area contributed by atoms with Gasteiger partial charge in [-0.25, -0.2) is 0 Å². The third-order valence-electron chi connectivity index (χ3n) is 2.97. The van der Waals surface area contributed by atoms with Crippen molar-refractivity contribution in [2.75, 3.05) is 5.73 Å². The number of nitrogens with zero attached hydrogens (tertiary/aromatic N) is 3. The van der Waals surface area contributed by atoms with E-state index in [2.05, 4.69) is 20.2 Å². The number of aromatic nitrogens is 4. The predicted molar refractivity (Wildman–Crippen MR) is 76.2 cm³/mol. The van der Waals surface area contributed by atoms with Gasteiger partial charge in [-0.15, -0.1) is 0 Å². The largest absolute Gasteiger partial charge is 0.398 e. The molecule has 3 rings (SSSR count). The Labute approximate surface area is 110 Å². The second kappa shape index (κ2) is 4.53. The minimum atomic E-state index is 0.767. The third kappa shape index (κ3) is 2.18. The molecule has 0 fully saturated rings. The molecule has 0 atom stereocenters. The summed E-state index contributed by atoms with van der Waals surface area (Å²) in [5.74, 6) is 0. The molecule has 0 aliphatic rings. The number of H-pyrrole nitrogens is 1. The number of nitrogen functional groups attached to an aromatic ring is 1. The first-order valence-electron chi connectivity index (χ1n) is 5.92.